The number of carbonyl (C=O) groups excluding carboxylic acids is 4. The number of Topliss-reactive ketones (excluding diaryl/α,β-unsaturated/α-hetero) is 1. The molecule has 3 amide bonds. The number of hydrogen-bond acceptors (Lipinski definition) is 7. The summed E-state index contributed by atoms with van der Waals surface area (Å²) in [5.41, 5.74) is 4.80. The van der Waals surface area contributed by atoms with E-state index in [-0.39, 0.29) is 60.7 Å². The number of ketones is 1. The highest BCUT2D eigenvalue weighted by Gasteiger charge is 2.40. The Morgan fingerprint density at radius 2 is 1.70 bits per heavy atom. The summed E-state index contributed by atoms with van der Waals surface area (Å²) in [6.45, 7) is 0.171. The van der Waals surface area contributed by atoms with Crippen LogP contribution in [0.2, 0.25) is 0 Å². The molecule has 1 fully saturated rings. The molecule has 3 aromatic rings. The van der Waals surface area contributed by atoms with Gasteiger partial charge in [-0.2, -0.15) is 0 Å². The van der Waals surface area contributed by atoms with Crippen LogP contribution >= 0.6 is 0 Å². The van der Waals surface area contributed by atoms with Crippen LogP contribution in [-0.4, -0.2) is 50.8 Å². The van der Waals surface area contributed by atoms with E-state index in [0.717, 1.165) is 16.7 Å². The minimum atomic E-state index is -0.725. The summed E-state index contributed by atoms with van der Waals surface area (Å²) < 4.78 is 0. The predicted molar refractivity (Wildman–Crippen MR) is 147 cm³/mol. The fourth-order valence-corrected chi connectivity index (χ4v) is 5.61. The monoisotopic (exact) mass is 534 g/mol. The van der Waals surface area contributed by atoms with Gasteiger partial charge in [0.25, 0.3) is 5.91 Å². The van der Waals surface area contributed by atoms with Crippen molar-refractivity contribution >= 4 is 35.4 Å². The zero-order chi connectivity index (χ0) is 27.8. The summed E-state index contributed by atoms with van der Waals surface area (Å²) in [6, 6.07) is 16.2. The van der Waals surface area contributed by atoms with Gasteiger partial charge in [0.05, 0.1) is 11.3 Å². The highest BCUT2D eigenvalue weighted by Crippen LogP contribution is 2.36. The first-order chi connectivity index (χ1) is 19.4. The molecule has 200 valence electrons. The van der Waals surface area contributed by atoms with Gasteiger partial charge >= 0.3 is 0 Å². The Morgan fingerprint density at radius 3 is 2.42 bits per heavy atom. The third kappa shape index (κ3) is 4.70. The van der Waals surface area contributed by atoms with Crippen LogP contribution < -0.4 is 5.32 Å². The molecule has 2 aromatic carbocycles. The number of carbonyl (C=O) groups is 4. The number of allylic oxidation sites excluding steroid dienone is 2. The molecule has 9 heteroatoms. The summed E-state index contributed by atoms with van der Waals surface area (Å²) >= 11 is 0. The molecule has 40 heavy (non-hydrogen) atoms. The fraction of sp³-hybridized carbons (Fsp3) is 0.226. The van der Waals surface area contributed by atoms with Crippen LogP contribution in [0.4, 0.5) is 5.69 Å². The van der Waals surface area contributed by atoms with Crippen LogP contribution in [0, 0.1) is 0 Å². The van der Waals surface area contributed by atoms with Gasteiger partial charge < -0.3 is 10.0 Å². The number of aliphatic hydroxyl groups excluding tert-OH is 1. The fourth-order valence-electron chi connectivity index (χ4n) is 5.61. The Labute approximate surface area is 230 Å². The Hall–Kier alpha value is -4.92. The highest BCUT2D eigenvalue weighted by molar-refractivity contribution is 6.15. The summed E-state index contributed by atoms with van der Waals surface area (Å²) in [6.07, 6.45) is 5.86. The summed E-state index contributed by atoms with van der Waals surface area (Å²) in [7, 11) is 0. The molecule has 0 radical (unpaired) electrons. The number of amides is 3. The van der Waals surface area contributed by atoms with E-state index in [1.807, 2.05) is 36.4 Å². The van der Waals surface area contributed by atoms with E-state index in [0.29, 0.717) is 23.2 Å². The molecular formula is C31H26N4O5. The summed E-state index contributed by atoms with van der Waals surface area (Å²) in [4.78, 5) is 60.0. The van der Waals surface area contributed by atoms with E-state index >= 15 is 0 Å². The molecule has 0 bridgehead atoms. The van der Waals surface area contributed by atoms with Gasteiger partial charge in [-0.25, -0.2) is 0 Å². The topological polar surface area (TPSA) is 129 Å². The van der Waals surface area contributed by atoms with E-state index in [1.54, 1.807) is 30.6 Å². The Balaban J connectivity index is 1.19. The van der Waals surface area contributed by atoms with E-state index in [1.165, 1.54) is 11.1 Å². The normalized spacial score (nSPS) is 21.2. The number of aromatic nitrogens is 1. The smallest absolute Gasteiger partial charge is 0.255 e. The van der Waals surface area contributed by atoms with Crippen LogP contribution in [-0.2, 0) is 20.9 Å². The number of benzene rings is 2. The first-order valence-corrected chi connectivity index (χ1v) is 13.2. The maximum absolute atomic E-state index is 13.1. The lowest BCUT2D eigenvalue weighted by molar-refractivity contribution is -0.137. The van der Waals surface area contributed by atoms with Crippen LogP contribution in [0.1, 0.15) is 53.1 Å². The van der Waals surface area contributed by atoms with E-state index in [2.05, 4.69) is 15.3 Å². The maximum Gasteiger partial charge on any atom is 0.255 e. The average molecular weight is 535 g/mol. The number of hydrogen-bond donors (Lipinski definition) is 2. The number of nitrogens with zero attached hydrogens (tertiary/aromatic N) is 3. The number of pyridine rings is 1. The van der Waals surface area contributed by atoms with Gasteiger partial charge in [-0.15, -0.1) is 0 Å². The number of rotatable bonds is 5. The second-order valence-electron chi connectivity index (χ2n) is 10.2. The lowest BCUT2D eigenvalue weighted by Crippen LogP contribution is -2.52. The van der Waals surface area contributed by atoms with Gasteiger partial charge in [-0.1, -0.05) is 30.3 Å². The first-order valence-electron chi connectivity index (χ1n) is 13.2. The third-order valence-corrected chi connectivity index (χ3v) is 7.77. The van der Waals surface area contributed by atoms with Gasteiger partial charge in [-0.05, 0) is 53.3 Å². The molecule has 2 aliphatic heterocycles. The van der Waals surface area contributed by atoms with Crippen molar-refractivity contribution in [1.29, 1.82) is 0 Å². The predicted octanol–water partition coefficient (Wildman–Crippen LogP) is 4.17. The van der Waals surface area contributed by atoms with Gasteiger partial charge in [0.15, 0.2) is 5.78 Å². The lowest BCUT2D eigenvalue weighted by atomic mass is 9.82. The first kappa shape index (κ1) is 25.4. The molecule has 0 saturated carbocycles. The van der Waals surface area contributed by atoms with Gasteiger partial charge in [0.1, 0.15) is 11.8 Å². The van der Waals surface area contributed by atoms with Crippen LogP contribution in [0.15, 0.2) is 83.3 Å². The van der Waals surface area contributed by atoms with Crippen molar-refractivity contribution in [3.05, 3.63) is 95.0 Å². The number of aliphatic hydroxyl groups is 1. The minimum absolute atomic E-state index is 0.0166. The minimum Gasteiger partial charge on any atom is -0.511 e. The van der Waals surface area contributed by atoms with Crippen molar-refractivity contribution in [2.24, 2.45) is 4.99 Å². The van der Waals surface area contributed by atoms with E-state index in [4.69, 9.17) is 0 Å². The number of piperidine rings is 1. The van der Waals surface area contributed by atoms with Crippen molar-refractivity contribution in [2.75, 3.05) is 0 Å². The molecule has 1 aliphatic carbocycles. The van der Waals surface area contributed by atoms with Crippen molar-refractivity contribution in [3.8, 4) is 11.1 Å². The number of nitrogens with one attached hydrogen (secondary N) is 1. The Bertz CT molecular complexity index is 1590. The molecule has 2 unspecified atom stereocenters. The van der Waals surface area contributed by atoms with Crippen LogP contribution in [0.25, 0.3) is 11.1 Å². The van der Waals surface area contributed by atoms with Crippen LogP contribution in [0.5, 0.6) is 0 Å². The van der Waals surface area contributed by atoms with Crippen molar-refractivity contribution in [1.82, 2.24) is 15.2 Å². The quantitative estimate of drug-likeness (QED) is 0.373. The molecule has 1 aromatic heterocycles. The van der Waals surface area contributed by atoms with Crippen LogP contribution in [0.3, 0.4) is 0 Å². The zero-order valence-electron chi connectivity index (χ0n) is 21.5. The molecule has 1 saturated heterocycles. The van der Waals surface area contributed by atoms with Gasteiger partial charge in [0.2, 0.25) is 11.8 Å². The van der Waals surface area contributed by atoms with E-state index < -0.39 is 11.9 Å². The number of fused-ring (bicyclic) bond motifs is 1. The number of imide groups is 1. The van der Waals surface area contributed by atoms with Gasteiger partial charge in [-0.3, -0.25) is 34.5 Å². The Morgan fingerprint density at radius 1 is 0.950 bits per heavy atom. The Kier molecular flexibility index (Phi) is 6.55. The molecule has 3 heterocycles. The summed E-state index contributed by atoms with van der Waals surface area (Å²) in [5, 5.41) is 13.1. The standard InChI is InChI=1S/C31H26N4O5/c36-27-14-21(19-6-4-18(5-7-19)20-10-12-32-13-11-20)15-28(37)23(27)16-33-25-3-1-2-22-24(25)17-35(31(22)40)26-8-9-29(38)34-30(26)39/h1-7,10-13,16,21,26,36H,8-9,14-15,17H2,(H,34,38,39). The zero-order valence-corrected chi connectivity index (χ0v) is 21.5. The van der Waals surface area contributed by atoms with E-state index in [9.17, 15) is 24.3 Å². The SMILES string of the molecule is O=C1CCC(N2Cc3c(N=CC4=C(O)CC(c5ccc(-c6ccncc6)cc5)CC4=O)cccc3C2=O)C(=O)N1. The highest BCUT2D eigenvalue weighted by atomic mass is 16.3. The van der Waals surface area contributed by atoms with Crippen molar-refractivity contribution in [3.63, 3.8) is 0 Å². The second kappa shape index (κ2) is 10.3. The molecule has 3 aliphatic rings. The summed E-state index contributed by atoms with van der Waals surface area (Å²) in [5.74, 6) is -1.48. The molecule has 2 N–H and O–H groups in total. The molecule has 0 spiro atoms. The molecule has 2 atom stereocenters. The lowest BCUT2D eigenvalue weighted by Gasteiger charge is -2.29. The molecular weight excluding hydrogens is 508 g/mol. The average Bonchev–Trinajstić information content (AvgIpc) is 3.29. The third-order valence-electron chi connectivity index (χ3n) is 7.77. The number of aliphatic imine (C=N–C) groups is 1. The molecule has 6 rings (SSSR count). The largest absolute Gasteiger partial charge is 0.511 e. The van der Waals surface area contributed by atoms with Crippen molar-refractivity contribution in [2.45, 2.75) is 44.2 Å². The van der Waals surface area contributed by atoms with Crippen molar-refractivity contribution < 1.29 is 24.3 Å². The molecule has 9 nitrogen and oxygen atoms in total. The second-order valence-corrected chi connectivity index (χ2v) is 10.2. The van der Waals surface area contributed by atoms with Gasteiger partial charge in [0, 0.05) is 55.5 Å². The maximum atomic E-state index is 13.1.